The van der Waals surface area contributed by atoms with Crippen LogP contribution in [0.1, 0.15) is 11.4 Å². The summed E-state index contributed by atoms with van der Waals surface area (Å²) in [5.74, 6) is 1.24. The molecule has 3 aromatic rings. The Hall–Kier alpha value is -1.58. The Labute approximate surface area is 127 Å². The standard InChI is InChI=1S/C15H13Cl2N3/c16-10-14-19-13-2-1-8-18-15(13)20(14)9-7-11-3-5-12(17)6-4-11/h1-6,8H,7,9-10H2. The molecule has 0 bridgehead atoms. The van der Waals surface area contributed by atoms with Gasteiger partial charge in [0.1, 0.15) is 11.3 Å². The van der Waals surface area contributed by atoms with Gasteiger partial charge in [-0.25, -0.2) is 9.97 Å². The minimum atomic E-state index is 0.386. The highest BCUT2D eigenvalue weighted by molar-refractivity contribution is 6.30. The van der Waals surface area contributed by atoms with E-state index in [2.05, 4.69) is 14.5 Å². The number of pyridine rings is 1. The molecule has 0 spiro atoms. The number of nitrogens with zero attached hydrogens (tertiary/aromatic N) is 3. The van der Waals surface area contributed by atoms with Crippen molar-refractivity contribution in [3.63, 3.8) is 0 Å². The third-order valence-corrected chi connectivity index (χ3v) is 3.73. The largest absolute Gasteiger partial charge is 0.311 e. The Kier molecular flexibility index (Phi) is 3.90. The second-order valence-corrected chi connectivity index (χ2v) is 5.24. The molecule has 20 heavy (non-hydrogen) atoms. The molecule has 0 atom stereocenters. The van der Waals surface area contributed by atoms with Crippen LogP contribution in [0.5, 0.6) is 0 Å². The molecule has 3 nitrogen and oxygen atoms in total. The Balaban J connectivity index is 1.88. The number of aromatic nitrogens is 3. The van der Waals surface area contributed by atoms with Gasteiger partial charge in [-0.3, -0.25) is 0 Å². The number of benzene rings is 1. The zero-order chi connectivity index (χ0) is 13.9. The lowest BCUT2D eigenvalue weighted by Crippen LogP contribution is -2.05. The van der Waals surface area contributed by atoms with Crippen LogP contribution in [-0.2, 0) is 18.8 Å². The van der Waals surface area contributed by atoms with Crippen LogP contribution in [0, 0.1) is 0 Å². The van der Waals surface area contributed by atoms with Gasteiger partial charge in [-0.1, -0.05) is 23.7 Å². The summed E-state index contributed by atoms with van der Waals surface area (Å²) in [6, 6.07) is 11.7. The summed E-state index contributed by atoms with van der Waals surface area (Å²) in [6.07, 6.45) is 2.67. The van der Waals surface area contributed by atoms with E-state index in [1.807, 2.05) is 36.4 Å². The van der Waals surface area contributed by atoms with Crippen LogP contribution in [0.4, 0.5) is 0 Å². The lowest BCUT2D eigenvalue weighted by Gasteiger charge is -2.07. The number of aryl methyl sites for hydroxylation is 2. The fourth-order valence-corrected chi connectivity index (χ4v) is 2.56. The average molecular weight is 306 g/mol. The fraction of sp³-hybridized carbons (Fsp3) is 0.200. The molecular formula is C15H13Cl2N3. The monoisotopic (exact) mass is 305 g/mol. The van der Waals surface area contributed by atoms with Gasteiger partial charge in [0, 0.05) is 17.8 Å². The Bertz CT molecular complexity index is 720. The van der Waals surface area contributed by atoms with Gasteiger partial charge in [-0.2, -0.15) is 0 Å². The summed E-state index contributed by atoms with van der Waals surface area (Å²) in [5, 5.41) is 0.755. The molecule has 0 aliphatic heterocycles. The van der Waals surface area contributed by atoms with Gasteiger partial charge in [0.2, 0.25) is 0 Å². The lowest BCUT2D eigenvalue weighted by atomic mass is 10.1. The van der Waals surface area contributed by atoms with Crippen LogP contribution in [-0.4, -0.2) is 14.5 Å². The fourth-order valence-electron chi connectivity index (χ4n) is 2.23. The third-order valence-electron chi connectivity index (χ3n) is 3.24. The normalized spacial score (nSPS) is 11.1. The molecule has 0 aliphatic rings. The first-order valence-electron chi connectivity index (χ1n) is 6.38. The van der Waals surface area contributed by atoms with Gasteiger partial charge in [0.25, 0.3) is 0 Å². The van der Waals surface area contributed by atoms with Crippen LogP contribution in [0.15, 0.2) is 42.6 Å². The van der Waals surface area contributed by atoms with E-state index in [1.165, 1.54) is 5.56 Å². The van der Waals surface area contributed by atoms with Crippen LogP contribution < -0.4 is 0 Å². The summed E-state index contributed by atoms with van der Waals surface area (Å²) in [5.41, 5.74) is 3.00. The number of halogens is 2. The van der Waals surface area contributed by atoms with E-state index in [1.54, 1.807) is 6.20 Å². The molecule has 0 fully saturated rings. The number of alkyl halides is 1. The van der Waals surface area contributed by atoms with Crippen molar-refractivity contribution in [1.82, 2.24) is 14.5 Å². The SMILES string of the molecule is ClCc1nc2cccnc2n1CCc1ccc(Cl)cc1. The second-order valence-electron chi connectivity index (χ2n) is 4.54. The summed E-state index contributed by atoms with van der Waals surface area (Å²) in [6.45, 7) is 0.803. The first-order valence-corrected chi connectivity index (χ1v) is 7.30. The Morgan fingerprint density at radius 1 is 1.10 bits per heavy atom. The summed E-state index contributed by atoms with van der Waals surface area (Å²) < 4.78 is 2.08. The van der Waals surface area contributed by atoms with E-state index in [0.717, 1.165) is 35.0 Å². The first-order chi connectivity index (χ1) is 9.78. The molecule has 0 unspecified atom stereocenters. The number of hydrogen-bond donors (Lipinski definition) is 0. The smallest absolute Gasteiger partial charge is 0.160 e. The quantitative estimate of drug-likeness (QED) is 0.680. The molecule has 2 heterocycles. The summed E-state index contributed by atoms with van der Waals surface area (Å²) in [4.78, 5) is 8.90. The van der Waals surface area contributed by atoms with Crippen molar-refractivity contribution in [3.8, 4) is 0 Å². The molecule has 2 aromatic heterocycles. The average Bonchev–Trinajstić information content (AvgIpc) is 2.84. The predicted molar refractivity (Wildman–Crippen MR) is 82.2 cm³/mol. The molecule has 102 valence electrons. The number of rotatable bonds is 4. The summed E-state index contributed by atoms with van der Waals surface area (Å²) in [7, 11) is 0. The maximum absolute atomic E-state index is 5.98. The van der Waals surface area contributed by atoms with Crippen molar-refractivity contribution in [2.45, 2.75) is 18.8 Å². The number of fused-ring (bicyclic) bond motifs is 1. The van der Waals surface area contributed by atoms with E-state index in [0.29, 0.717) is 5.88 Å². The van der Waals surface area contributed by atoms with Crippen molar-refractivity contribution >= 4 is 34.4 Å². The third kappa shape index (κ3) is 2.65. The number of imidazole rings is 1. The minimum Gasteiger partial charge on any atom is -0.311 e. The zero-order valence-electron chi connectivity index (χ0n) is 10.8. The molecule has 0 aliphatic carbocycles. The van der Waals surface area contributed by atoms with Gasteiger partial charge in [0.15, 0.2) is 5.65 Å². The van der Waals surface area contributed by atoms with Crippen LogP contribution in [0.2, 0.25) is 5.02 Å². The summed E-state index contributed by atoms with van der Waals surface area (Å²) >= 11 is 11.9. The van der Waals surface area contributed by atoms with E-state index >= 15 is 0 Å². The Morgan fingerprint density at radius 3 is 2.65 bits per heavy atom. The van der Waals surface area contributed by atoms with Crippen molar-refractivity contribution < 1.29 is 0 Å². The zero-order valence-corrected chi connectivity index (χ0v) is 12.3. The highest BCUT2D eigenvalue weighted by atomic mass is 35.5. The van der Waals surface area contributed by atoms with Gasteiger partial charge in [-0.05, 0) is 36.2 Å². The highest BCUT2D eigenvalue weighted by Gasteiger charge is 2.10. The lowest BCUT2D eigenvalue weighted by molar-refractivity contribution is 0.682. The van der Waals surface area contributed by atoms with Gasteiger partial charge < -0.3 is 4.57 Å². The molecule has 1 aromatic carbocycles. The van der Waals surface area contributed by atoms with Crippen molar-refractivity contribution in [3.05, 3.63) is 59.0 Å². The molecule has 0 N–H and O–H groups in total. The van der Waals surface area contributed by atoms with E-state index in [9.17, 15) is 0 Å². The van der Waals surface area contributed by atoms with Gasteiger partial charge in [-0.15, -0.1) is 11.6 Å². The van der Waals surface area contributed by atoms with Crippen LogP contribution >= 0.6 is 23.2 Å². The molecule has 0 radical (unpaired) electrons. The topological polar surface area (TPSA) is 30.7 Å². The van der Waals surface area contributed by atoms with E-state index in [4.69, 9.17) is 23.2 Å². The van der Waals surface area contributed by atoms with Crippen LogP contribution in [0.3, 0.4) is 0 Å². The van der Waals surface area contributed by atoms with Crippen molar-refractivity contribution in [1.29, 1.82) is 0 Å². The van der Waals surface area contributed by atoms with E-state index < -0.39 is 0 Å². The maximum Gasteiger partial charge on any atom is 0.160 e. The molecule has 3 rings (SSSR count). The predicted octanol–water partition coefficient (Wildman–Crippen LogP) is 4.07. The highest BCUT2D eigenvalue weighted by Crippen LogP contribution is 2.17. The molecular weight excluding hydrogens is 293 g/mol. The molecule has 0 saturated carbocycles. The molecule has 0 amide bonds. The molecule has 5 heteroatoms. The van der Waals surface area contributed by atoms with E-state index in [-0.39, 0.29) is 0 Å². The Morgan fingerprint density at radius 2 is 1.90 bits per heavy atom. The van der Waals surface area contributed by atoms with Crippen molar-refractivity contribution in [2.24, 2.45) is 0 Å². The van der Waals surface area contributed by atoms with Crippen LogP contribution in [0.25, 0.3) is 11.2 Å². The van der Waals surface area contributed by atoms with Crippen molar-refractivity contribution in [2.75, 3.05) is 0 Å². The first kappa shape index (κ1) is 13.4. The maximum atomic E-state index is 5.98. The van der Waals surface area contributed by atoms with Gasteiger partial charge >= 0.3 is 0 Å². The van der Waals surface area contributed by atoms with Gasteiger partial charge in [0.05, 0.1) is 5.88 Å². The second kappa shape index (κ2) is 5.81. The minimum absolute atomic E-state index is 0.386. The number of hydrogen-bond acceptors (Lipinski definition) is 2. The molecule has 0 saturated heterocycles.